The SMILES string of the molecule is C=CCS(=O)(=O)Oc1ccc(CCCCC)cc1CCCCC. The molecule has 1 aromatic rings. The lowest BCUT2D eigenvalue weighted by Crippen LogP contribution is -2.13. The fraction of sp³-hybridized carbons (Fsp3) is 0.579. The average molecular weight is 339 g/mol. The molecule has 0 aliphatic carbocycles. The van der Waals surface area contributed by atoms with Crippen LogP contribution in [0, 0.1) is 0 Å². The number of hydrogen-bond donors (Lipinski definition) is 0. The Morgan fingerprint density at radius 2 is 1.70 bits per heavy atom. The van der Waals surface area contributed by atoms with Crippen LogP contribution in [0.1, 0.15) is 63.5 Å². The highest BCUT2D eigenvalue weighted by atomic mass is 32.2. The Balaban J connectivity index is 2.91. The molecule has 0 radical (unpaired) electrons. The van der Waals surface area contributed by atoms with E-state index in [1.54, 1.807) is 0 Å². The second-order valence-electron chi connectivity index (χ2n) is 5.95. The van der Waals surface area contributed by atoms with E-state index in [2.05, 4.69) is 26.5 Å². The van der Waals surface area contributed by atoms with Gasteiger partial charge in [-0.3, -0.25) is 0 Å². The fourth-order valence-corrected chi connectivity index (χ4v) is 3.32. The lowest BCUT2D eigenvalue weighted by Gasteiger charge is -2.13. The van der Waals surface area contributed by atoms with Crippen LogP contribution >= 0.6 is 0 Å². The zero-order chi connectivity index (χ0) is 17.1. The summed E-state index contributed by atoms with van der Waals surface area (Å²) in [5.41, 5.74) is 2.26. The second kappa shape index (κ2) is 10.5. The van der Waals surface area contributed by atoms with E-state index < -0.39 is 10.1 Å². The molecule has 0 saturated heterocycles. The van der Waals surface area contributed by atoms with Crippen LogP contribution in [-0.4, -0.2) is 14.2 Å². The quantitative estimate of drug-likeness (QED) is 0.304. The van der Waals surface area contributed by atoms with Gasteiger partial charge in [-0.2, -0.15) is 8.42 Å². The minimum absolute atomic E-state index is 0.167. The van der Waals surface area contributed by atoms with Crippen molar-refractivity contribution in [2.75, 3.05) is 5.75 Å². The van der Waals surface area contributed by atoms with Crippen LogP contribution in [0.2, 0.25) is 0 Å². The van der Waals surface area contributed by atoms with Gasteiger partial charge in [0.25, 0.3) is 0 Å². The number of unbranched alkanes of at least 4 members (excludes halogenated alkanes) is 4. The van der Waals surface area contributed by atoms with Crippen molar-refractivity contribution in [2.24, 2.45) is 0 Å². The first-order chi connectivity index (χ1) is 11.0. The molecule has 1 rings (SSSR count). The summed E-state index contributed by atoms with van der Waals surface area (Å²) >= 11 is 0. The molecule has 130 valence electrons. The first-order valence-electron chi connectivity index (χ1n) is 8.67. The lowest BCUT2D eigenvalue weighted by atomic mass is 10.0. The number of benzene rings is 1. The van der Waals surface area contributed by atoms with E-state index in [1.165, 1.54) is 30.9 Å². The zero-order valence-corrected chi connectivity index (χ0v) is 15.3. The van der Waals surface area contributed by atoms with Crippen molar-refractivity contribution in [3.8, 4) is 5.75 Å². The molecule has 23 heavy (non-hydrogen) atoms. The number of aryl methyl sites for hydroxylation is 2. The van der Waals surface area contributed by atoms with Crippen LogP contribution in [0.3, 0.4) is 0 Å². The summed E-state index contributed by atoms with van der Waals surface area (Å²) in [6.07, 6.45) is 10.2. The highest BCUT2D eigenvalue weighted by molar-refractivity contribution is 7.87. The molecule has 3 nitrogen and oxygen atoms in total. The van der Waals surface area contributed by atoms with E-state index in [0.717, 1.165) is 37.7 Å². The van der Waals surface area contributed by atoms with E-state index in [1.807, 2.05) is 12.1 Å². The predicted molar refractivity (Wildman–Crippen MR) is 97.5 cm³/mol. The fourth-order valence-electron chi connectivity index (χ4n) is 2.52. The van der Waals surface area contributed by atoms with Crippen molar-refractivity contribution >= 4 is 10.1 Å². The molecule has 0 spiro atoms. The molecule has 4 heteroatoms. The van der Waals surface area contributed by atoms with Gasteiger partial charge in [-0.25, -0.2) is 0 Å². The molecule has 0 unspecified atom stereocenters. The van der Waals surface area contributed by atoms with Crippen molar-refractivity contribution in [1.82, 2.24) is 0 Å². The summed E-state index contributed by atoms with van der Waals surface area (Å²) in [5, 5.41) is 0. The highest BCUT2D eigenvalue weighted by Crippen LogP contribution is 2.25. The molecule has 0 N–H and O–H groups in total. The largest absolute Gasteiger partial charge is 0.382 e. The summed E-state index contributed by atoms with van der Waals surface area (Å²) in [5.74, 6) is 0.307. The standard InChI is InChI=1S/C19H30O3S/c1-4-7-9-11-17-13-14-19(22-23(20,21)15-6-3)18(16-17)12-10-8-5-2/h6,13-14,16H,3-5,7-12,15H2,1-2H3. The zero-order valence-electron chi connectivity index (χ0n) is 14.5. The normalized spacial score (nSPS) is 11.4. The smallest absolute Gasteiger partial charge is 0.312 e. The molecule has 0 saturated carbocycles. The summed E-state index contributed by atoms with van der Waals surface area (Å²) in [6.45, 7) is 7.82. The van der Waals surface area contributed by atoms with Crippen LogP contribution in [0.15, 0.2) is 30.9 Å². The van der Waals surface area contributed by atoms with Crippen LogP contribution in [0.25, 0.3) is 0 Å². The Morgan fingerprint density at radius 1 is 1.04 bits per heavy atom. The van der Waals surface area contributed by atoms with Gasteiger partial charge < -0.3 is 4.18 Å². The third-order valence-corrected chi connectivity index (χ3v) is 4.86. The predicted octanol–water partition coefficient (Wildman–Crippen LogP) is 5.05. The van der Waals surface area contributed by atoms with E-state index in [-0.39, 0.29) is 5.75 Å². The molecular formula is C19H30O3S. The van der Waals surface area contributed by atoms with Gasteiger partial charge in [0.05, 0.1) is 0 Å². The Morgan fingerprint density at radius 3 is 2.30 bits per heavy atom. The van der Waals surface area contributed by atoms with Crippen molar-refractivity contribution in [2.45, 2.75) is 65.2 Å². The third-order valence-electron chi connectivity index (χ3n) is 3.78. The number of rotatable bonds is 12. The molecule has 0 fully saturated rings. The molecular weight excluding hydrogens is 308 g/mol. The molecule has 0 amide bonds. The maximum Gasteiger partial charge on any atom is 0.312 e. The monoisotopic (exact) mass is 338 g/mol. The van der Waals surface area contributed by atoms with Gasteiger partial charge in [0.2, 0.25) is 0 Å². The third kappa shape index (κ3) is 7.69. The van der Waals surface area contributed by atoms with E-state index in [9.17, 15) is 8.42 Å². The van der Waals surface area contributed by atoms with Gasteiger partial charge in [-0.1, -0.05) is 57.7 Å². The summed E-state index contributed by atoms with van der Waals surface area (Å²) in [4.78, 5) is 0. The van der Waals surface area contributed by atoms with Crippen molar-refractivity contribution in [3.63, 3.8) is 0 Å². The Kier molecular flexibility index (Phi) is 9.00. The minimum Gasteiger partial charge on any atom is -0.382 e. The molecule has 0 aliphatic rings. The Hall–Kier alpha value is -1.29. The van der Waals surface area contributed by atoms with Gasteiger partial charge in [0.1, 0.15) is 11.5 Å². The van der Waals surface area contributed by atoms with Gasteiger partial charge in [-0.05, 0) is 42.9 Å². The van der Waals surface area contributed by atoms with Crippen LogP contribution in [-0.2, 0) is 23.0 Å². The average Bonchev–Trinajstić information content (AvgIpc) is 2.50. The van der Waals surface area contributed by atoms with E-state index in [4.69, 9.17) is 4.18 Å². The van der Waals surface area contributed by atoms with Gasteiger partial charge >= 0.3 is 10.1 Å². The van der Waals surface area contributed by atoms with Crippen molar-refractivity contribution < 1.29 is 12.6 Å². The van der Waals surface area contributed by atoms with Crippen LogP contribution in [0.5, 0.6) is 5.75 Å². The first-order valence-corrected chi connectivity index (χ1v) is 10.2. The first kappa shape index (κ1) is 19.8. The molecule has 1 aromatic carbocycles. The molecule has 0 bridgehead atoms. The maximum absolute atomic E-state index is 11.9. The lowest BCUT2D eigenvalue weighted by molar-refractivity contribution is 0.485. The molecule has 0 atom stereocenters. The van der Waals surface area contributed by atoms with Crippen molar-refractivity contribution in [1.29, 1.82) is 0 Å². The molecule has 0 aromatic heterocycles. The van der Waals surface area contributed by atoms with E-state index in [0.29, 0.717) is 5.75 Å². The summed E-state index contributed by atoms with van der Waals surface area (Å²) in [6, 6.07) is 5.91. The van der Waals surface area contributed by atoms with Gasteiger partial charge in [0, 0.05) is 0 Å². The van der Waals surface area contributed by atoms with Gasteiger partial charge in [-0.15, -0.1) is 6.58 Å². The Labute approximate surface area is 141 Å². The number of hydrogen-bond acceptors (Lipinski definition) is 3. The van der Waals surface area contributed by atoms with Crippen LogP contribution < -0.4 is 4.18 Å². The second-order valence-corrected chi connectivity index (χ2v) is 7.57. The summed E-state index contributed by atoms with van der Waals surface area (Å²) in [7, 11) is -3.59. The van der Waals surface area contributed by atoms with Crippen molar-refractivity contribution in [3.05, 3.63) is 42.0 Å². The molecule has 0 heterocycles. The highest BCUT2D eigenvalue weighted by Gasteiger charge is 2.14. The summed E-state index contributed by atoms with van der Waals surface area (Å²) < 4.78 is 29.1. The van der Waals surface area contributed by atoms with Gasteiger partial charge in [0.15, 0.2) is 0 Å². The minimum atomic E-state index is -3.59. The molecule has 0 aliphatic heterocycles. The Bertz CT molecular complexity index is 576. The van der Waals surface area contributed by atoms with Crippen LogP contribution in [0.4, 0.5) is 0 Å². The topological polar surface area (TPSA) is 43.4 Å². The maximum atomic E-state index is 11.9. The van der Waals surface area contributed by atoms with E-state index >= 15 is 0 Å².